The van der Waals surface area contributed by atoms with Crippen LogP contribution in [0.15, 0.2) is 0 Å². The van der Waals surface area contributed by atoms with Gasteiger partial charge >= 0.3 is 0 Å². The van der Waals surface area contributed by atoms with Gasteiger partial charge in [-0.1, -0.05) is 12.8 Å². The standard InChI is InChI=1S/C12H22N2OS/c1-15-12(7-4-8-12)9-13-11(16)14-10-5-2-3-6-10/h10H,2-9H2,1H3,(H2,13,14,16). The van der Waals surface area contributed by atoms with E-state index in [9.17, 15) is 0 Å². The first-order chi connectivity index (χ1) is 7.74. The SMILES string of the molecule is COC1(CNC(=S)NC2CCCC2)CCC1. The maximum Gasteiger partial charge on any atom is 0.166 e. The molecule has 3 nitrogen and oxygen atoms in total. The highest BCUT2D eigenvalue weighted by molar-refractivity contribution is 7.80. The Morgan fingerprint density at radius 3 is 2.50 bits per heavy atom. The number of thiocarbonyl (C=S) groups is 1. The van der Waals surface area contributed by atoms with Crippen molar-refractivity contribution in [3.8, 4) is 0 Å². The second kappa shape index (κ2) is 5.32. The molecule has 0 spiro atoms. The Kier molecular flexibility index (Phi) is 4.03. The molecule has 0 atom stereocenters. The highest BCUT2D eigenvalue weighted by Gasteiger charge is 2.36. The van der Waals surface area contributed by atoms with Gasteiger partial charge in [-0.05, 0) is 44.3 Å². The van der Waals surface area contributed by atoms with Crippen molar-refractivity contribution in [2.24, 2.45) is 0 Å². The summed E-state index contributed by atoms with van der Waals surface area (Å²) in [5, 5.41) is 7.49. The summed E-state index contributed by atoms with van der Waals surface area (Å²) in [6, 6.07) is 0.597. The van der Waals surface area contributed by atoms with Crippen LogP contribution in [-0.4, -0.2) is 30.4 Å². The first kappa shape index (κ1) is 12.1. The summed E-state index contributed by atoms with van der Waals surface area (Å²) in [6.45, 7) is 0.849. The van der Waals surface area contributed by atoms with E-state index in [4.69, 9.17) is 17.0 Å². The summed E-state index contributed by atoms with van der Waals surface area (Å²) in [7, 11) is 1.80. The van der Waals surface area contributed by atoms with E-state index in [1.54, 1.807) is 7.11 Å². The first-order valence-electron chi connectivity index (χ1n) is 6.34. The van der Waals surface area contributed by atoms with E-state index in [2.05, 4.69) is 10.6 Å². The molecule has 16 heavy (non-hydrogen) atoms. The number of hydrogen-bond donors (Lipinski definition) is 2. The predicted octanol–water partition coefficient (Wildman–Crippen LogP) is 1.96. The van der Waals surface area contributed by atoms with Crippen molar-refractivity contribution < 1.29 is 4.74 Å². The van der Waals surface area contributed by atoms with E-state index in [0.29, 0.717) is 6.04 Å². The lowest BCUT2D eigenvalue weighted by molar-refractivity contribution is -0.0665. The van der Waals surface area contributed by atoms with E-state index in [-0.39, 0.29) is 5.60 Å². The van der Waals surface area contributed by atoms with E-state index < -0.39 is 0 Å². The van der Waals surface area contributed by atoms with Crippen LogP contribution in [0.25, 0.3) is 0 Å². The molecule has 2 fully saturated rings. The largest absolute Gasteiger partial charge is 0.376 e. The normalized spacial score (nSPS) is 23.8. The zero-order valence-corrected chi connectivity index (χ0v) is 10.9. The number of nitrogens with one attached hydrogen (secondary N) is 2. The second-order valence-corrected chi connectivity index (χ2v) is 5.46. The van der Waals surface area contributed by atoms with E-state index in [0.717, 1.165) is 24.5 Å². The van der Waals surface area contributed by atoms with Crippen LogP contribution in [0.3, 0.4) is 0 Å². The van der Waals surface area contributed by atoms with Crippen molar-refractivity contribution in [3.63, 3.8) is 0 Å². The number of methoxy groups -OCH3 is 1. The van der Waals surface area contributed by atoms with Crippen molar-refractivity contribution >= 4 is 17.3 Å². The Bertz CT molecular complexity index is 242. The molecule has 2 N–H and O–H groups in total. The smallest absolute Gasteiger partial charge is 0.166 e. The minimum atomic E-state index is 0.0570. The Hall–Kier alpha value is -0.350. The van der Waals surface area contributed by atoms with Crippen LogP contribution in [0.4, 0.5) is 0 Å². The average molecular weight is 242 g/mol. The van der Waals surface area contributed by atoms with Crippen LogP contribution in [0.5, 0.6) is 0 Å². The van der Waals surface area contributed by atoms with Gasteiger partial charge in [0.05, 0.1) is 5.60 Å². The molecule has 2 rings (SSSR count). The van der Waals surface area contributed by atoms with E-state index in [1.165, 1.54) is 32.1 Å². The summed E-state index contributed by atoms with van der Waals surface area (Å²) < 4.78 is 5.54. The highest BCUT2D eigenvalue weighted by Crippen LogP contribution is 2.34. The van der Waals surface area contributed by atoms with Crippen LogP contribution in [0.2, 0.25) is 0 Å². The molecular weight excluding hydrogens is 220 g/mol. The Labute approximate surface area is 103 Å². The third kappa shape index (κ3) is 2.86. The van der Waals surface area contributed by atoms with Crippen molar-refractivity contribution in [3.05, 3.63) is 0 Å². The van der Waals surface area contributed by atoms with Crippen LogP contribution in [0.1, 0.15) is 44.9 Å². The van der Waals surface area contributed by atoms with E-state index in [1.807, 2.05) is 0 Å². The minimum Gasteiger partial charge on any atom is -0.376 e. The van der Waals surface area contributed by atoms with Gasteiger partial charge in [0, 0.05) is 19.7 Å². The van der Waals surface area contributed by atoms with E-state index >= 15 is 0 Å². The molecule has 0 bridgehead atoms. The maximum absolute atomic E-state index is 5.54. The van der Waals surface area contributed by atoms with Gasteiger partial charge in [0.25, 0.3) is 0 Å². The maximum atomic E-state index is 5.54. The topological polar surface area (TPSA) is 33.3 Å². The van der Waals surface area contributed by atoms with Gasteiger partial charge < -0.3 is 15.4 Å². The Morgan fingerprint density at radius 1 is 1.31 bits per heavy atom. The summed E-state index contributed by atoms with van der Waals surface area (Å²) in [4.78, 5) is 0. The second-order valence-electron chi connectivity index (χ2n) is 5.05. The molecule has 0 aromatic heterocycles. The molecule has 92 valence electrons. The molecule has 2 saturated carbocycles. The van der Waals surface area contributed by atoms with Gasteiger partial charge in [-0.3, -0.25) is 0 Å². The van der Waals surface area contributed by atoms with Gasteiger partial charge in [0.1, 0.15) is 0 Å². The zero-order valence-electron chi connectivity index (χ0n) is 10.1. The highest BCUT2D eigenvalue weighted by atomic mass is 32.1. The Balaban J connectivity index is 1.66. The molecule has 0 aromatic carbocycles. The number of rotatable bonds is 4. The molecule has 0 radical (unpaired) electrons. The summed E-state index contributed by atoms with van der Waals surface area (Å²) >= 11 is 5.30. The third-order valence-electron chi connectivity index (χ3n) is 3.96. The van der Waals surface area contributed by atoms with Gasteiger partial charge in [-0.15, -0.1) is 0 Å². The lowest BCUT2D eigenvalue weighted by Gasteiger charge is -2.40. The van der Waals surface area contributed by atoms with Crippen LogP contribution >= 0.6 is 12.2 Å². The Morgan fingerprint density at radius 2 is 2.00 bits per heavy atom. The summed E-state index contributed by atoms with van der Waals surface area (Å²) in [6.07, 6.45) is 8.78. The first-order valence-corrected chi connectivity index (χ1v) is 6.74. The average Bonchev–Trinajstić information content (AvgIpc) is 2.69. The van der Waals surface area contributed by atoms with Crippen molar-refractivity contribution in [2.75, 3.05) is 13.7 Å². The quantitative estimate of drug-likeness (QED) is 0.738. The van der Waals surface area contributed by atoms with Crippen molar-refractivity contribution in [1.82, 2.24) is 10.6 Å². The monoisotopic (exact) mass is 242 g/mol. The fourth-order valence-corrected chi connectivity index (χ4v) is 2.81. The molecular formula is C12H22N2OS. The summed E-state index contributed by atoms with van der Waals surface area (Å²) in [5.74, 6) is 0. The number of hydrogen-bond acceptors (Lipinski definition) is 2. The molecule has 0 aromatic rings. The van der Waals surface area contributed by atoms with Crippen LogP contribution in [-0.2, 0) is 4.74 Å². The third-order valence-corrected chi connectivity index (χ3v) is 4.22. The van der Waals surface area contributed by atoms with Gasteiger partial charge in [0.15, 0.2) is 5.11 Å². The molecule has 0 amide bonds. The fourth-order valence-electron chi connectivity index (χ4n) is 2.57. The van der Waals surface area contributed by atoms with Gasteiger partial charge in [-0.2, -0.15) is 0 Å². The number of ether oxygens (including phenoxy) is 1. The molecule has 0 saturated heterocycles. The summed E-state index contributed by atoms with van der Waals surface area (Å²) in [5.41, 5.74) is 0.0570. The molecule has 2 aliphatic rings. The molecule has 0 unspecified atom stereocenters. The van der Waals surface area contributed by atoms with Crippen molar-refractivity contribution in [1.29, 1.82) is 0 Å². The van der Waals surface area contributed by atoms with Gasteiger partial charge in [-0.25, -0.2) is 0 Å². The van der Waals surface area contributed by atoms with Crippen LogP contribution < -0.4 is 10.6 Å². The lowest BCUT2D eigenvalue weighted by Crippen LogP contribution is -2.52. The molecule has 0 aliphatic heterocycles. The lowest BCUT2D eigenvalue weighted by atomic mass is 9.80. The molecule has 4 heteroatoms. The van der Waals surface area contributed by atoms with Crippen molar-refractivity contribution in [2.45, 2.75) is 56.6 Å². The molecule has 2 aliphatic carbocycles. The molecule has 0 heterocycles. The predicted molar refractivity (Wildman–Crippen MR) is 69.6 cm³/mol. The zero-order chi connectivity index (χ0) is 11.4. The van der Waals surface area contributed by atoms with Gasteiger partial charge in [0.2, 0.25) is 0 Å². The van der Waals surface area contributed by atoms with Crippen LogP contribution in [0, 0.1) is 0 Å². The minimum absolute atomic E-state index is 0.0570. The fraction of sp³-hybridized carbons (Fsp3) is 0.917.